The van der Waals surface area contributed by atoms with Gasteiger partial charge in [-0.05, 0) is 12.8 Å². The highest BCUT2D eigenvalue weighted by Gasteiger charge is 2.68. The van der Waals surface area contributed by atoms with Gasteiger partial charge in [0.2, 0.25) is 0 Å². The van der Waals surface area contributed by atoms with Crippen molar-refractivity contribution >= 4 is 11.4 Å². The minimum absolute atomic E-state index is 0.420. The molecule has 1 fully saturated rings. The van der Waals surface area contributed by atoms with Gasteiger partial charge in [0.25, 0.3) is 17.0 Å². The first-order valence-electron chi connectivity index (χ1n) is 5.71. The molecule has 1 saturated carbocycles. The van der Waals surface area contributed by atoms with Crippen LogP contribution in [0.1, 0.15) is 46.5 Å². The zero-order valence-electron chi connectivity index (χ0n) is 10.0. The van der Waals surface area contributed by atoms with Crippen molar-refractivity contribution in [1.29, 1.82) is 0 Å². The summed E-state index contributed by atoms with van der Waals surface area (Å²) in [5.74, 6) is 0. The van der Waals surface area contributed by atoms with E-state index in [9.17, 15) is 15.5 Å². The quantitative estimate of drug-likeness (QED) is 0.366. The summed E-state index contributed by atoms with van der Waals surface area (Å²) in [7, 11) is 0. The number of fused-ring (bicyclic) bond motifs is 1. The maximum atomic E-state index is 12.2. The third-order valence-electron chi connectivity index (χ3n) is 4.25. The molecule has 2 atom stereocenters. The van der Waals surface area contributed by atoms with E-state index in [4.69, 9.17) is 0 Å². The van der Waals surface area contributed by atoms with Crippen LogP contribution in [-0.4, -0.2) is 42.5 Å². The van der Waals surface area contributed by atoms with Gasteiger partial charge in [-0.25, -0.2) is 0 Å². The number of rotatable bonds is 0. The van der Waals surface area contributed by atoms with Crippen LogP contribution in [0.3, 0.4) is 0 Å². The lowest BCUT2D eigenvalue weighted by molar-refractivity contribution is -0.891. The van der Waals surface area contributed by atoms with Crippen LogP contribution in [0, 0.1) is 5.21 Å². The molecule has 0 radical (unpaired) electrons. The minimum atomic E-state index is -1.46. The van der Waals surface area contributed by atoms with Gasteiger partial charge in [-0.1, -0.05) is 0 Å². The Balaban J connectivity index is 2.65. The molecule has 16 heavy (non-hydrogen) atoms. The summed E-state index contributed by atoms with van der Waals surface area (Å²) in [6, 6.07) is 0. The number of nitrogens with zero attached hydrogens (tertiary/aromatic N) is 2. The van der Waals surface area contributed by atoms with Crippen molar-refractivity contribution in [1.82, 2.24) is 0 Å². The van der Waals surface area contributed by atoms with E-state index in [2.05, 4.69) is 0 Å². The highest BCUT2D eigenvalue weighted by Crippen LogP contribution is 2.41. The summed E-state index contributed by atoms with van der Waals surface area (Å²) in [6.07, 6.45) is 2.74. The Hall–Kier alpha value is -1.10. The van der Waals surface area contributed by atoms with E-state index in [0.29, 0.717) is 24.3 Å². The third kappa shape index (κ3) is 1.09. The average molecular weight is 227 g/mol. The average Bonchev–Trinajstić information content (AvgIpc) is 2.27. The van der Waals surface area contributed by atoms with Crippen LogP contribution in [0.2, 0.25) is 0 Å². The number of hydrogen-bond donors (Lipinski definition) is 2. The van der Waals surface area contributed by atoms with Crippen molar-refractivity contribution in [2.75, 3.05) is 0 Å². The van der Waals surface area contributed by atoms with E-state index in [1.54, 1.807) is 20.8 Å². The summed E-state index contributed by atoms with van der Waals surface area (Å²) < 4.78 is 1.75. The molecule has 5 heteroatoms. The fraction of sp³-hybridized carbons (Fsp3) is 0.818. The molecular formula is C11H19N2O3+. The molecule has 5 nitrogen and oxygen atoms in total. The van der Waals surface area contributed by atoms with Crippen LogP contribution < -0.4 is 0 Å². The highest BCUT2D eigenvalue weighted by molar-refractivity contribution is 6.36. The molecule has 2 rings (SSSR count). The van der Waals surface area contributed by atoms with Gasteiger partial charge in [0.1, 0.15) is 0 Å². The topological polar surface area (TPSA) is 69.5 Å². The van der Waals surface area contributed by atoms with Crippen molar-refractivity contribution in [2.45, 2.75) is 57.7 Å². The van der Waals surface area contributed by atoms with E-state index in [0.717, 1.165) is 22.3 Å². The maximum Gasteiger partial charge on any atom is 0.377 e. The van der Waals surface area contributed by atoms with Crippen LogP contribution in [0.25, 0.3) is 0 Å². The lowest BCUT2D eigenvalue weighted by Gasteiger charge is -2.41. The van der Waals surface area contributed by atoms with Gasteiger partial charge in [-0.3, -0.25) is 5.21 Å². The molecule has 0 saturated heterocycles. The first-order valence-corrected chi connectivity index (χ1v) is 5.71. The Kier molecular flexibility index (Phi) is 2.28. The van der Waals surface area contributed by atoms with Crippen molar-refractivity contribution in [3.63, 3.8) is 0 Å². The SMILES string of the molecule is CC1=[N+]([O-])[C@]2(C)CCCC[C@@]2(O)[N+](O)=C1C. The predicted molar refractivity (Wildman–Crippen MR) is 58.9 cm³/mol. The zero-order chi connectivity index (χ0) is 12.1. The predicted octanol–water partition coefficient (Wildman–Crippen LogP) is 0.855. The Morgan fingerprint density at radius 1 is 1.19 bits per heavy atom. The molecule has 0 amide bonds. The monoisotopic (exact) mass is 227 g/mol. The van der Waals surface area contributed by atoms with E-state index < -0.39 is 11.3 Å². The minimum Gasteiger partial charge on any atom is -0.623 e. The zero-order valence-corrected chi connectivity index (χ0v) is 10.0. The Morgan fingerprint density at radius 2 is 1.75 bits per heavy atom. The Morgan fingerprint density at radius 3 is 2.38 bits per heavy atom. The van der Waals surface area contributed by atoms with Gasteiger partial charge in [0.15, 0.2) is 0 Å². The molecule has 1 aliphatic carbocycles. The number of hydroxylamine groups is 2. The largest absolute Gasteiger partial charge is 0.623 e. The molecule has 90 valence electrons. The fourth-order valence-electron chi connectivity index (χ4n) is 2.86. The molecule has 0 spiro atoms. The standard InChI is InChI=1S/C11H19N2O3/c1-8-9(2)13(16)11(14)7-5-4-6-10(11,3)12(8)15/h14,16H,4-7H2,1-3H3/q+1/t10-,11+/m1/s1. The summed E-state index contributed by atoms with van der Waals surface area (Å²) in [6.45, 7) is 5.04. The van der Waals surface area contributed by atoms with Crippen molar-refractivity contribution in [2.24, 2.45) is 0 Å². The second-order valence-electron chi connectivity index (χ2n) is 5.07. The summed E-state index contributed by atoms with van der Waals surface area (Å²) in [4.78, 5) is 0. The van der Waals surface area contributed by atoms with Gasteiger partial charge in [-0.15, -0.1) is 0 Å². The molecule has 0 aromatic carbocycles. The molecule has 0 bridgehead atoms. The van der Waals surface area contributed by atoms with Gasteiger partial charge >= 0.3 is 5.72 Å². The first kappa shape index (κ1) is 11.4. The lowest BCUT2D eigenvalue weighted by atomic mass is 9.74. The summed E-state index contributed by atoms with van der Waals surface area (Å²) >= 11 is 0. The first-order chi connectivity index (χ1) is 7.34. The van der Waals surface area contributed by atoms with Gasteiger partial charge in [0.05, 0.1) is 6.42 Å². The molecule has 1 heterocycles. The fourth-order valence-corrected chi connectivity index (χ4v) is 2.86. The van der Waals surface area contributed by atoms with Gasteiger partial charge in [0, 0.05) is 31.9 Å². The maximum absolute atomic E-state index is 12.2. The van der Waals surface area contributed by atoms with E-state index in [1.807, 2.05) is 0 Å². The molecular weight excluding hydrogens is 208 g/mol. The summed E-state index contributed by atoms with van der Waals surface area (Å²) in [5, 5.41) is 32.8. The van der Waals surface area contributed by atoms with E-state index >= 15 is 0 Å². The number of hydrogen-bond acceptors (Lipinski definition) is 3. The second kappa shape index (κ2) is 3.20. The third-order valence-corrected chi connectivity index (χ3v) is 4.25. The molecule has 2 N–H and O–H groups in total. The molecule has 0 unspecified atom stereocenters. The number of aliphatic hydroxyl groups is 1. The molecule has 0 aromatic rings. The molecule has 0 aromatic heterocycles. The Bertz CT molecular complexity index is 364. The van der Waals surface area contributed by atoms with Crippen molar-refractivity contribution in [3.8, 4) is 0 Å². The van der Waals surface area contributed by atoms with E-state index in [-0.39, 0.29) is 0 Å². The van der Waals surface area contributed by atoms with Crippen LogP contribution in [0.4, 0.5) is 0 Å². The van der Waals surface area contributed by atoms with Crippen LogP contribution in [0.5, 0.6) is 0 Å². The smallest absolute Gasteiger partial charge is 0.377 e. The second-order valence-corrected chi connectivity index (χ2v) is 5.07. The van der Waals surface area contributed by atoms with Crippen LogP contribution in [0.15, 0.2) is 0 Å². The highest BCUT2D eigenvalue weighted by atomic mass is 16.5. The van der Waals surface area contributed by atoms with Crippen molar-refractivity contribution < 1.29 is 19.8 Å². The lowest BCUT2D eigenvalue weighted by Crippen LogP contribution is -2.69. The van der Waals surface area contributed by atoms with Crippen LogP contribution in [-0.2, 0) is 0 Å². The van der Waals surface area contributed by atoms with Gasteiger partial charge < -0.3 is 10.3 Å². The molecule has 1 aliphatic heterocycles. The normalized spacial score (nSPS) is 40.0. The van der Waals surface area contributed by atoms with E-state index in [1.165, 1.54) is 0 Å². The van der Waals surface area contributed by atoms with Crippen LogP contribution >= 0.6 is 0 Å². The van der Waals surface area contributed by atoms with Gasteiger partial charge in [-0.2, -0.15) is 4.74 Å². The molecule has 2 aliphatic rings. The summed E-state index contributed by atoms with van der Waals surface area (Å²) in [5.41, 5.74) is -1.52. The van der Waals surface area contributed by atoms with Crippen molar-refractivity contribution in [3.05, 3.63) is 5.21 Å². The Labute approximate surface area is 94.9 Å².